The van der Waals surface area contributed by atoms with Crippen molar-refractivity contribution in [2.45, 2.75) is 11.8 Å². The van der Waals surface area contributed by atoms with E-state index in [1.54, 1.807) is 53.3 Å². The zero-order chi connectivity index (χ0) is 26.0. The van der Waals surface area contributed by atoms with Gasteiger partial charge >= 0.3 is 0 Å². The van der Waals surface area contributed by atoms with Gasteiger partial charge in [0.2, 0.25) is 14.8 Å². The second kappa shape index (κ2) is 10.6. The fourth-order valence-electron chi connectivity index (χ4n) is 3.84. The van der Waals surface area contributed by atoms with E-state index in [0.717, 1.165) is 10.6 Å². The number of nitrogens with zero attached hydrogens (tertiary/aromatic N) is 4. The molecule has 2 aromatic heterocycles. The highest BCUT2D eigenvalue weighted by Crippen LogP contribution is 2.28. The van der Waals surface area contributed by atoms with Gasteiger partial charge in [-0.2, -0.15) is 9.41 Å². The molecule has 3 heterocycles. The first-order chi connectivity index (χ1) is 17.8. The maximum atomic E-state index is 12.9. The van der Waals surface area contributed by atoms with E-state index >= 15 is 0 Å². The number of rotatable bonds is 6. The Balaban J connectivity index is 1.54. The Kier molecular flexibility index (Phi) is 7.26. The van der Waals surface area contributed by atoms with Crippen LogP contribution in [0.4, 0.5) is 5.69 Å². The highest BCUT2D eigenvalue weighted by Gasteiger charge is 2.26. The van der Waals surface area contributed by atoms with Crippen molar-refractivity contribution in [2.24, 2.45) is 10.1 Å². The lowest BCUT2D eigenvalue weighted by molar-refractivity contribution is 0.0730. The molecule has 9 nitrogen and oxygen atoms in total. The number of benzene rings is 2. The first kappa shape index (κ1) is 25.4. The van der Waals surface area contributed by atoms with Crippen LogP contribution in [-0.4, -0.2) is 59.6 Å². The van der Waals surface area contributed by atoms with Gasteiger partial charge in [-0.25, -0.2) is 18.1 Å². The van der Waals surface area contributed by atoms with E-state index in [-0.39, 0.29) is 16.4 Å². The highest BCUT2D eigenvalue weighted by molar-refractivity contribution is 7.89. The van der Waals surface area contributed by atoms with Crippen LogP contribution in [-0.2, 0) is 14.8 Å². The van der Waals surface area contributed by atoms with Crippen LogP contribution in [0.2, 0.25) is 0 Å². The van der Waals surface area contributed by atoms with E-state index in [0.29, 0.717) is 48.1 Å². The summed E-state index contributed by atoms with van der Waals surface area (Å²) in [4.78, 5) is 6.52. The lowest BCUT2D eigenvalue weighted by Crippen LogP contribution is -2.40. The van der Waals surface area contributed by atoms with Crippen molar-refractivity contribution in [2.75, 3.05) is 26.3 Å². The van der Waals surface area contributed by atoms with Gasteiger partial charge in [-0.3, -0.25) is 0 Å². The summed E-state index contributed by atoms with van der Waals surface area (Å²) in [5, 5.41) is 28.6. The van der Waals surface area contributed by atoms with Gasteiger partial charge in [0.25, 0.3) is 0 Å². The topological polar surface area (TPSA) is 117 Å². The molecule has 1 aliphatic rings. The molecule has 5 rings (SSSR count). The Labute approximate surface area is 221 Å². The maximum Gasteiger partial charge on any atom is 0.243 e. The quantitative estimate of drug-likeness (QED) is 0.345. The number of aromatic hydroxyl groups is 2. The monoisotopic (exact) mass is 556 g/mol. The maximum absolute atomic E-state index is 12.9. The van der Waals surface area contributed by atoms with Crippen LogP contribution in [0.25, 0.3) is 10.6 Å². The summed E-state index contributed by atoms with van der Waals surface area (Å²) in [5.41, 5.74) is 2.43. The summed E-state index contributed by atoms with van der Waals surface area (Å²) in [7, 11) is -3.59. The van der Waals surface area contributed by atoms with Gasteiger partial charge < -0.3 is 14.9 Å². The Morgan fingerprint density at radius 3 is 2.46 bits per heavy atom. The van der Waals surface area contributed by atoms with Gasteiger partial charge in [0.1, 0.15) is 11.5 Å². The molecule has 0 amide bonds. The number of hydrogen-bond donors (Lipinski definition) is 2. The standard InChI is InChI=1S/C25H24N4O5S3/c1-17(21-9-6-19(30)15-23(21)31)27-29-22(24-3-2-14-35-24)16-36-25(29)26-18-4-7-20(8-5-18)37(32,33)28-10-12-34-13-11-28/h2-9,14-16,30-31H,10-13H2,1H3. The lowest BCUT2D eigenvalue weighted by Gasteiger charge is -2.26. The van der Waals surface area contributed by atoms with Crippen LogP contribution in [0, 0.1) is 0 Å². The second-order valence-corrected chi connectivity index (χ2v) is 11.9. The first-order valence-corrected chi connectivity index (χ1v) is 14.6. The fraction of sp³-hybridized carbons (Fsp3) is 0.200. The third kappa shape index (κ3) is 5.38. The van der Waals surface area contributed by atoms with E-state index in [1.807, 2.05) is 22.9 Å². The molecule has 1 saturated heterocycles. The van der Waals surface area contributed by atoms with E-state index in [4.69, 9.17) is 14.8 Å². The molecule has 0 aliphatic carbocycles. The SMILES string of the molecule is CC(=Nn1c(-c2cccs2)csc1=Nc1ccc(S(=O)(=O)N2CCOCC2)cc1)c1ccc(O)cc1O. The van der Waals surface area contributed by atoms with Gasteiger partial charge in [-0.05, 0) is 54.8 Å². The van der Waals surface area contributed by atoms with Gasteiger partial charge in [-0.15, -0.1) is 22.7 Å². The molecule has 1 fully saturated rings. The van der Waals surface area contributed by atoms with Crippen molar-refractivity contribution in [3.63, 3.8) is 0 Å². The van der Waals surface area contributed by atoms with Gasteiger partial charge in [0.05, 0.1) is 40.1 Å². The third-order valence-corrected chi connectivity index (χ3v) is 9.37. The number of phenols is 2. The molecule has 192 valence electrons. The fourth-order valence-corrected chi connectivity index (χ4v) is 6.89. The Bertz CT molecular complexity index is 1600. The van der Waals surface area contributed by atoms with Crippen LogP contribution >= 0.6 is 22.7 Å². The number of thiazole rings is 1. The van der Waals surface area contributed by atoms with Gasteiger partial charge in [0, 0.05) is 30.1 Å². The van der Waals surface area contributed by atoms with Crippen LogP contribution in [0.5, 0.6) is 11.5 Å². The van der Waals surface area contributed by atoms with Crippen molar-refractivity contribution in [1.82, 2.24) is 8.98 Å². The van der Waals surface area contributed by atoms with Crippen molar-refractivity contribution < 1.29 is 23.4 Å². The largest absolute Gasteiger partial charge is 0.508 e. The molecule has 37 heavy (non-hydrogen) atoms. The minimum Gasteiger partial charge on any atom is -0.508 e. The summed E-state index contributed by atoms with van der Waals surface area (Å²) >= 11 is 2.97. The average Bonchev–Trinajstić information content (AvgIpc) is 3.55. The van der Waals surface area contributed by atoms with E-state index in [9.17, 15) is 18.6 Å². The molecule has 2 aromatic carbocycles. The first-order valence-electron chi connectivity index (χ1n) is 11.4. The lowest BCUT2D eigenvalue weighted by atomic mass is 10.1. The summed E-state index contributed by atoms with van der Waals surface area (Å²) < 4.78 is 34.3. The molecule has 0 radical (unpaired) electrons. The number of phenolic OH excluding ortho intramolecular Hbond substituents is 2. The molecule has 0 spiro atoms. The summed E-state index contributed by atoms with van der Waals surface area (Å²) in [6, 6.07) is 14.8. The Morgan fingerprint density at radius 2 is 1.78 bits per heavy atom. The normalized spacial score (nSPS) is 15.8. The van der Waals surface area contributed by atoms with Crippen molar-refractivity contribution in [3.05, 3.63) is 75.7 Å². The Morgan fingerprint density at radius 1 is 1.03 bits per heavy atom. The average molecular weight is 557 g/mol. The van der Waals surface area contributed by atoms with Crippen molar-refractivity contribution in [3.8, 4) is 22.1 Å². The van der Waals surface area contributed by atoms with Crippen LogP contribution in [0.3, 0.4) is 0 Å². The molecule has 4 aromatic rings. The van der Waals surface area contributed by atoms with Crippen LogP contribution in [0.15, 0.2) is 80.3 Å². The number of sulfonamides is 1. The number of morpholine rings is 1. The molecule has 2 N–H and O–H groups in total. The van der Waals surface area contributed by atoms with Crippen molar-refractivity contribution >= 4 is 44.1 Å². The van der Waals surface area contributed by atoms with E-state index in [2.05, 4.69) is 0 Å². The molecular formula is C25H24N4O5S3. The number of hydrogen-bond acceptors (Lipinski definition) is 9. The zero-order valence-corrected chi connectivity index (χ0v) is 22.3. The predicted octanol–water partition coefficient (Wildman–Crippen LogP) is 4.21. The van der Waals surface area contributed by atoms with Gasteiger partial charge in [-0.1, -0.05) is 6.07 Å². The summed E-state index contributed by atoms with van der Waals surface area (Å²) in [6.07, 6.45) is 0. The van der Waals surface area contributed by atoms with Crippen LogP contribution < -0.4 is 4.80 Å². The summed E-state index contributed by atoms with van der Waals surface area (Å²) in [6.45, 7) is 3.22. The minimum absolute atomic E-state index is 0.0359. The molecule has 0 bridgehead atoms. The molecular weight excluding hydrogens is 532 g/mol. The molecule has 12 heteroatoms. The molecule has 0 unspecified atom stereocenters. The zero-order valence-electron chi connectivity index (χ0n) is 19.8. The van der Waals surface area contributed by atoms with Crippen molar-refractivity contribution in [1.29, 1.82) is 0 Å². The third-order valence-electron chi connectivity index (χ3n) is 5.75. The molecule has 0 atom stereocenters. The highest BCUT2D eigenvalue weighted by atomic mass is 32.2. The predicted molar refractivity (Wildman–Crippen MR) is 144 cm³/mol. The molecule has 0 saturated carbocycles. The number of aromatic nitrogens is 1. The minimum atomic E-state index is -3.59. The second-order valence-electron chi connectivity index (χ2n) is 8.20. The van der Waals surface area contributed by atoms with E-state index < -0.39 is 10.0 Å². The Hall–Kier alpha value is -3.29. The van der Waals surface area contributed by atoms with Crippen LogP contribution in [0.1, 0.15) is 12.5 Å². The number of thiophene rings is 1. The number of ether oxygens (including phenoxy) is 1. The molecule has 1 aliphatic heterocycles. The van der Waals surface area contributed by atoms with Gasteiger partial charge in [0.15, 0.2) is 0 Å². The summed E-state index contributed by atoms with van der Waals surface area (Å²) in [5.74, 6) is -0.114. The smallest absolute Gasteiger partial charge is 0.243 e. The van der Waals surface area contributed by atoms with E-state index in [1.165, 1.54) is 27.8 Å².